The van der Waals surface area contributed by atoms with Gasteiger partial charge < -0.3 is 10.6 Å². The molecule has 0 saturated carbocycles. The summed E-state index contributed by atoms with van der Waals surface area (Å²) in [5.74, 6) is 0.626. The van der Waals surface area contributed by atoms with Crippen LogP contribution < -0.4 is 10.6 Å². The molecule has 31 heavy (non-hydrogen) atoms. The van der Waals surface area contributed by atoms with Crippen molar-refractivity contribution < 1.29 is 9.59 Å². The van der Waals surface area contributed by atoms with E-state index >= 15 is 0 Å². The average molecular weight is 415 g/mol. The number of nitrogens with one attached hydrogen (secondary N) is 2. The van der Waals surface area contributed by atoms with E-state index in [1.807, 2.05) is 30.3 Å². The predicted octanol–water partition coefficient (Wildman–Crippen LogP) is 4.14. The number of Topliss-reactive ketones (excluding diaryl/α,β-unsaturated/α-hetero) is 1. The minimum atomic E-state index is -0.347. The molecule has 4 rings (SSSR count). The van der Waals surface area contributed by atoms with Gasteiger partial charge in [-0.1, -0.05) is 42.5 Å². The molecule has 1 aromatic heterocycles. The Bertz CT molecular complexity index is 1080. The minimum Gasteiger partial charge on any atom is -0.320 e. The number of carbonyl (C=O) groups excluding carboxylic acids is 2. The molecular weight excluding hydrogens is 388 g/mol. The van der Waals surface area contributed by atoms with E-state index in [4.69, 9.17) is 4.98 Å². The number of carbonyl (C=O) groups is 2. The van der Waals surface area contributed by atoms with Gasteiger partial charge in [0.1, 0.15) is 5.69 Å². The van der Waals surface area contributed by atoms with Gasteiger partial charge in [-0.3, -0.25) is 9.59 Å². The molecule has 0 atom stereocenters. The third-order valence-corrected chi connectivity index (χ3v) is 5.55. The number of rotatable bonds is 6. The van der Waals surface area contributed by atoms with Crippen LogP contribution in [0.5, 0.6) is 0 Å². The Balaban J connectivity index is 1.66. The molecule has 1 aliphatic rings. The van der Waals surface area contributed by atoms with Gasteiger partial charge in [-0.2, -0.15) is 0 Å². The van der Waals surface area contributed by atoms with Crippen molar-refractivity contribution in [3.63, 3.8) is 0 Å². The predicted molar refractivity (Wildman–Crippen MR) is 121 cm³/mol. The Kier molecular flexibility index (Phi) is 6.48. The number of hydrogen-bond acceptors (Lipinski definition) is 5. The Labute approximate surface area is 182 Å². The van der Waals surface area contributed by atoms with E-state index < -0.39 is 0 Å². The van der Waals surface area contributed by atoms with Gasteiger partial charge in [0.25, 0.3) is 5.91 Å². The Hall–Kier alpha value is -3.38. The second kappa shape index (κ2) is 9.62. The topological polar surface area (TPSA) is 84.0 Å². The van der Waals surface area contributed by atoms with Crippen molar-refractivity contribution in [3.8, 4) is 11.4 Å². The molecule has 1 fully saturated rings. The van der Waals surface area contributed by atoms with Crippen LogP contribution in [-0.2, 0) is 6.42 Å². The molecule has 0 unspecified atom stereocenters. The zero-order valence-electron chi connectivity index (χ0n) is 17.6. The average Bonchev–Trinajstić information content (AvgIpc) is 2.80. The van der Waals surface area contributed by atoms with E-state index in [9.17, 15) is 9.59 Å². The molecule has 2 N–H and O–H groups in total. The van der Waals surface area contributed by atoms with E-state index in [1.165, 1.54) is 6.92 Å². The van der Waals surface area contributed by atoms with E-state index in [0.29, 0.717) is 28.7 Å². The van der Waals surface area contributed by atoms with Crippen molar-refractivity contribution in [1.29, 1.82) is 0 Å². The van der Waals surface area contributed by atoms with Crippen LogP contribution in [0.25, 0.3) is 11.4 Å². The lowest BCUT2D eigenvalue weighted by Crippen LogP contribution is -2.29. The fourth-order valence-corrected chi connectivity index (χ4v) is 3.90. The quantitative estimate of drug-likeness (QED) is 0.592. The number of aromatic nitrogens is 2. The molecule has 0 aliphatic carbocycles. The van der Waals surface area contributed by atoms with Crippen LogP contribution in [-0.4, -0.2) is 34.7 Å². The Morgan fingerprint density at radius 1 is 1.00 bits per heavy atom. The highest BCUT2D eigenvalue weighted by Crippen LogP contribution is 2.22. The molecule has 2 heterocycles. The van der Waals surface area contributed by atoms with Gasteiger partial charge in [-0.25, -0.2) is 9.97 Å². The van der Waals surface area contributed by atoms with E-state index in [-0.39, 0.29) is 11.7 Å². The van der Waals surface area contributed by atoms with Gasteiger partial charge in [0.05, 0.1) is 5.69 Å². The first-order valence-electron chi connectivity index (χ1n) is 10.7. The van der Waals surface area contributed by atoms with Gasteiger partial charge in [0.2, 0.25) is 0 Å². The van der Waals surface area contributed by atoms with Gasteiger partial charge in [0.15, 0.2) is 11.6 Å². The summed E-state index contributed by atoms with van der Waals surface area (Å²) in [6.07, 6.45) is 3.00. The van der Waals surface area contributed by atoms with E-state index in [1.54, 1.807) is 30.3 Å². The van der Waals surface area contributed by atoms with Gasteiger partial charge in [-0.05, 0) is 63.4 Å². The Morgan fingerprint density at radius 2 is 1.71 bits per heavy atom. The number of amides is 1. The molecule has 158 valence electrons. The summed E-state index contributed by atoms with van der Waals surface area (Å²) >= 11 is 0. The molecule has 1 aliphatic heterocycles. The normalized spacial score (nSPS) is 14.2. The summed E-state index contributed by atoms with van der Waals surface area (Å²) in [5.41, 5.74) is 3.00. The third-order valence-electron chi connectivity index (χ3n) is 5.55. The number of anilines is 1. The fourth-order valence-electron chi connectivity index (χ4n) is 3.90. The van der Waals surface area contributed by atoms with Crippen LogP contribution in [0.2, 0.25) is 0 Å². The highest BCUT2D eigenvalue weighted by Gasteiger charge is 2.19. The smallest absolute Gasteiger partial charge is 0.274 e. The molecule has 1 saturated heterocycles. The largest absolute Gasteiger partial charge is 0.320 e. The molecule has 2 aromatic carbocycles. The van der Waals surface area contributed by atoms with Crippen molar-refractivity contribution >= 4 is 17.4 Å². The number of ketones is 1. The van der Waals surface area contributed by atoms with E-state index in [0.717, 1.165) is 43.6 Å². The lowest BCUT2D eigenvalue weighted by Gasteiger charge is -2.22. The molecule has 0 spiro atoms. The molecule has 1 amide bonds. The highest BCUT2D eigenvalue weighted by molar-refractivity contribution is 6.08. The summed E-state index contributed by atoms with van der Waals surface area (Å²) in [7, 11) is 0. The molecule has 0 bridgehead atoms. The number of hydrogen-bond donors (Lipinski definition) is 2. The van der Waals surface area contributed by atoms with Crippen molar-refractivity contribution in [2.45, 2.75) is 26.2 Å². The monoisotopic (exact) mass is 414 g/mol. The summed E-state index contributed by atoms with van der Waals surface area (Å²) in [6.45, 7) is 3.51. The number of para-hydroxylation sites is 1. The number of benzene rings is 2. The van der Waals surface area contributed by atoms with Crippen LogP contribution in [0, 0.1) is 5.92 Å². The molecule has 6 heteroatoms. The molecule has 6 nitrogen and oxygen atoms in total. The third kappa shape index (κ3) is 5.22. The van der Waals surface area contributed by atoms with Crippen LogP contribution in [0.15, 0.2) is 60.7 Å². The standard InChI is InChI=1S/C25H26N4O2/c1-17(30)21-9-5-6-10-22(21)29-25(31)23-16-20(15-18-11-13-26-14-12-18)27-24(28-23)19-7-3-2-4-8-19/h2-10,16,18,26H,11-15H2,1H3,(H,29,31). The van der Waals surface area contributed by atoms with Gasteiger partial charge in [0, 0.05) is 16.8 Å². The first-order valence-corrected chi connectivity index (χ1v) is 10.7. The Morgan fingerprint density at radius 3 is 2.45 bits per heavy atom. The zero-order valence-corrected chi connectivity index (χ0v) is 17.6. The minimum absolute atomic E-state index is 0.102. The van der Waals surface area contributed by atoms with Crippen LogP contribution in [0.3, 0.4) is 0 Å². The zero-order chi connectivity index (χ0) is 21.6. The maximum Gasteiger partial charge on any atom is 0.274 e. The maximum absolute atomic E-state index is 13.1. The lowest BCUT2D eigenvalue weighted by atomic mass is 9.93. The molecule has 3 aromatic rings. The fraction of sp³-hybridized carbons (Fsp3) is 0.280. The lowest BCUT2D eigenvalue weighted by molar-refractivity contribution is 0.101. The van der Waals surface area contributed by atoms with Gasteiger partial charge >= 0.3 is 0 Å². The highest BCUT2D eigenvalue weighted by atomic mass is 16.2. The van der Waals surface area contributed by atoms with Crippen molar-refractivity contribution in [2.24, 2.45) is 5.92 Å². The SMILES string of the molecule is CC(=O)c1ccccc1NC(=O)c1cc(CC2CCNCC2)nc(-c2ccccc2)n1. The molecule has 0 radical (unpaired) electrons. The van der Waals surface area contributed by atoms with Crippen LogP contribution in [0.1, 0.15) is 46.3 Å². The summed E-state index contributed by atoms with van der Waals surface area (Å²) in [4.78, 5) is 34.3. The maximum atomic E-state index is 13.1. The summed E-state index contributed by atoms with van der Waals surface area (Å²) < 4.78 is 0. The van der Waals surface area contributed by atoms with E-state index in [2.05, 4.69) is 15.6 Å². The second-order valence-electron chi connectivity index (χ2n) is 7.89. The van der Waals surface area contributed by atoms with Crippen molar-refractivity contribution in [3.05, 3.63) is 77.6 Å². The summed E-state index contributed by atoms with van der Waals surface area (Å²) in [5, 5.41) is 6.24. The first kappa shape index (κ1) is 20.9. The first-order chi connectivity index (χ1) is 15.1. The van der Waals surface area contributed by atoms with Gasteiger partial charge in [-0.15, -0.1) is 0 Å². The van der Waals surface area contributed by atoms with Crippen LogP contribution in [0.4, 0.5) is 5.69 Å². The number of piperidine rings is 1. The van der Waals surface area contributed by atoms with Crippen molar-refractivity contribution in [2.75, 3.05) is 18.4 Å². The van der Waals surface area contributed by atoms with Crippen molar-refractivity contribution in [1.82, 2.24) is 15.3 Å². The second-order valence-corrected chi connectivity index (χ2v) is 7.89. The molecular formula is C25H26N4O2. The summed E-state index contributed by atoms with van der Waals surface area (Å²) in [6, 6.07) is 18.5. The van der Waals surface area contributed by atoms with Crippen LogP contribution >= 0.6 is 0 Å². The number of nitrogens with zero attached hydrogens (tertiary/aromatic N) is 2.